The van der Waals surface area contributed by atoms with E-state index < -0.39 is 0 Å². The van der Waals surface area contributed by atoms with Crippen LogP contribution in [0.3, 0.4) is 0 Å². The number of hydrogen-bond acceptors (Lipinski definition) is 4. The summed E-state index contributed by atoms with van der Waals surface area (Å²) in [6.45, 7) is 7.81. The third-order valence-electron chi connectivity index (χ3n) is 3.73. The summed E-state index contributed by atoms with van der Waals surface area (Å²) in [7, 11) is 6.03. The predicted octanol–water partition coefficient (Wildman–Crippen LogP) is 0.637. The van der Waals surface area contributed by atoms with Crippen molar-refractivity contribution in [1.29, 1.82) is 0 Å². The number of nitrogens with zero attached hydrogens (tertiary/aromatic N) is 2. The van der Waals surface area contributed by atoms with Gasteiger partial charge in [0.25, 0.3) is 0 Å². The van der Waals surface area contributed by atoms with Gasteiger partial charge in [-0.25, -0.2) is 0 Å². The van der Waals surface area contributed by atoms with E-state index >= 15 is 0 Å². The van der Waals surface area contributed by atoms with Crippen molar-refractivity contribution in [2.24, 2.45) is 0 Å². The van der Waals surface area contributed by atoms with E-state index in [1.165, 1.54) is 32.5 Å². The molecule has 1 fully saturated rings. The van der Waals surface area contributed by atoms with Crippen LogP contribution in [0, 0.1) is 0 Å². The van der Waals surface area contributed by atoms with Gasteiger partial charge in [-0.15, -0.1) is 0 Å². The molecule has 0 aliphatic carbocycles. The lowest BCUT2D eigenvalue weighted by Gasteiger charge is -2.33. The van der Waals surface area contributed by atoms with E-state index in [0.29, 0.717) is 12.1 Å². The van der Waals surface area contributed by atoms with Crippen molar-refractivity contribution in [3.8, 4) is 0 Å². The third-order valence-corrected chi connectivity index (χ3v) is 3.73. The van der Waals surface area contributed by atoms with E-state index in [4.69, 9.17) is 4.74 Å². The Bertz CT molecular complexity index is 201. The number of nitrogens with one attached hydrogen (secondary N) is 1. The van der Waals surface area contributed by atoms with Gasteiger partial charge in [-0.2, -0.15) is 0 Å². The molecule has 4 heteroatoms. The van der Waals surface area contributed by atoms with Crippen LogP contribution in [-0.4, -0.2) is 75.9 Å². The molecule has 0 amide bonds. The fourth-order valence-electron chi connectivity index (χ4n) is 2.63. The van der Waals surface area contributed by atoms with Crippen LogP contribution in [0.5, 0.6) is 0 Å². The van der Waals surface area contributed by atoms with Crippen molar-refractivity contribution in [3.05, 3.63) is 0 Å². The maximum atomic E-state index is 5.26. The molecule has 1 heterocycles. The van der Waals surface area contributed by atoms with Crippen LogP contribution in [0.2, 0.25) is 0 Å². The van der Waals surface area contributed by atoms with E-state index in [-0.39, 0.29) is 0 Å². The van der Waals surface area contributed by atoms with E-state index in [1.807, 2.05) is 7.05 Å². The van der Waals surface area contributed by atoms with Gasteiger partial charge in [-0.05, 0) is 40.0 Å². The molecule has 1 aliphatic rings. The molecule has 2 atom stereocenters. The first-order chi connectivity index (χ1) is 8.21. The second-order valence-corrected chi connectivity index (χ2v) is 5.11. The summed E-state index contributed by atoms with van der Waals surface area (Å²) in [6, 6.07) is 1.13. The van der Waals surface area contributed by atoms with Crippen LogP contribution in [0.15, 0.2) is 0 Å². The highest BCUT2D eigenvalue weighted by atomic mass is 16.5. The normalized spacial score (nSPS) is 25.8. The Labute approximate surface area is 106 Å². The predicted molar refractivity (Wildman–Crippen MR) is 72.5 cm³/mol. The molecule has 0 spiro atoms. The van der Waals surface area contributed by atoms with Crippen LogP contribution in [0.1, 0.15) is 19.8 Å². The number of methoxy groups -OCH3 is 1. The van der Waals surface area contributed by atoms with Crippen molar-refractivity contribution in [2.75, 3.05) is 54.0 Å². The van der Waals surface area contributed by atoms with Crippen molar-refractivity contribution >= 4 is 0 Å². The Hall–Kier alpha value is -0.160. The van der Waals surface area contributed by atoms with Gasteiger partial charge in [0.15, 0.2) is 0 Å². The molecule has 0 aromatic heterocycles. The summed E-state index contributed by atoms with van der Waals surface area (Å²) in [6.07, 6.45) is 2.50. The average molecular weight is 243 g/mol. The molecule has 0 bridgehead atoms. The first-order valence-corrected chi connectivity index (χ1v) is 6.80. The van der Waals surface area contributed by atoms with Crippen molar-refractivity contribution in [3.63, 3.8) is 0 Å². The lowest BCUT2D eigenvalue weighted by Crippen LogP contribution is -2.48. The number of rotatable bonds is 6. The van der Waals surface area contributed by atoms with Gasteiger partial charge < -0.3 is 15.0 Å². The van der Waals surface area contributed by atoms with Crippen LogP contribution in [0.25, 0.3) is 0 Å². The highest BCUT2D eigenvalue weighted by molar-refractivity contribution is 4.81. The molecule has 0 radical (unpaired) electrons. The maximum absolute atomic E-state index is 5.26. The summed E-state index contributed by atoms with van der Waals surface area (Å²) in [5, 5.41) is 3.35. The van der Waals surface area contributed by atoms with Crippen LogP contribution in [0.4, 0.5) is 0 Å². The van der Waals surface area contributed by atoms with Gasteiger partial charge in [0, 0.05) is 32.3 Å². The molecular weight excluding hydrogens is 214 g/mol. The molecule has 102 valence electrons. The van der Waals surface area contributed by atoms with Crippen molar-refractivity contribution < 1.29 is 4.74 Å². The van der Waals surface area contributed by atoms with Gasteiger partial charge in [0.1, 0.15) is 0 Å². The topological polar surface area (TPSA) is 27.7 Å². The molecule has 17 heavy (non-hydrogen) atoms. The van der Waals surface area contributed by atoms with Crippen molar-refractivity contribution in [2.45, 2.75) is 31.8 Å². The summed E-state index contributed by atoms with van der Waals surface area (Å²) in [4.78, 5) is 5.09. The molecule has 1 saturated heterocycles. The molecule has 1 rings (SSSR count). The minimum absolute atomic E-state index is 0.442. The fraction of sp³-hybridized carbons (Fsp3) is 1.00. The Balaban J connectivity index is 2.52. The standard InChI is InChI=1S/C13H29N3O/c1-5-13-10-15(3)7-6-8-16(13)9-12(14-2)11-17-4/h12-14H,5-11H2,1-4H3. The molecule has 1 aliphatic heterocycles. The second kappa shape index (κ2) is 8.03. The molecule has 0 aromatic carbocycles. The molecule has 0 aromatic rings. The fourth-order valence-corrected chi connectivity index (χ4v) is 2.63. The molecule has 2 unspecified atom stereocenters. The Morgan fingerprint density at radius 2 is 2.18 bits per heavy atom. The third kappa shape index (κ3) is 4.92. The van der Waals surface area contributed by atoms with Gasteiger partial charge in [-0.1, -0.05) is 6.92 Å². The quantitative estimate of drug-likeness (QED) is 0.741. The Morgan fingerprint density at radius 1 is 1.41 bits per heavy atom. The van der Waals surface area contributed by atoms with E-state index in [9.17, 15) is 0 Å². The summed E-state index contributed by atoms with van der Waals surface area (Å²) >= 11 is 0. The minimum atomic E-state index is 0.442. The Morgan fingerprint density at radius 3 is 2.76 bits per heavy atom. The van der Waals surface area contributed by atoms with Crippen LogP contribution in [-0.2, 0) is 4.74 Å². The molecule has 4 nitrogen and oxygen atoms in total. The van der Waals surface area contributed by atoms with E-state index in [2.05, 4.69) is 29.1 Å². The second-order valence-electron chi connectivity index (χ2n) is 5.11. The number of likely N-dealkylation sites (N-methyl/N-ethyl adjacent to an activating group) is 2. The zero-order valence-corrected chi connectivity index (χ0v) is 11.9. The first-order valence-electron chi connectivity index (χ1n) is 6.80. The monoisotopic (exact) mass is 243 g/mol. The highest BCUT2D eigenvalue weighted by Gasteiger charge is 2.23. The number of hydrogen-bond donors (Lipinski definition) is 1. The molecular formula is C13H29N3O. The average Bonchev–Trinajstić information content (AvgIpc) is 2.50. The van der Waals surface area contributed by atoms with Crippen LogP contribution >= 0.6 is 0 Å². The van der Waals surface area contributed by atoms with Crippen LogP contribution < -0.4 is 5.32 Å². The zero-order chi connectivity index (χ0) is 12.7. The zero-order valence-electron chi connectivity index (χ0n) is 11.9. The maximum Gasteiger partial charge on any atom is 0.0628 e. The van der Waals surface area contributed by atoms with Gasteiger partial charge >= 0.3 is 0 Å². The van der Waals surface area contributed by atoms with Crippen molar-refractivity contribution in [1.82, 2.24) is 15.1 Å². The lowest BCUT2D eigenvalue weighted by atomic mass is 10.1. The SMILES string of the molecule is CCC1CN(C)CCCN1CC(COC)NC. The van der Waals surface area contributed by atoms with Gasteiger partial charge in [0.2, 0.25) is 0 Å². The Kier molecular flexibility index (Phi) is 7.04. The molecule has 0 saturated carbocycles. The summed E-state index contributed by atoms with van der Waals surface area (Å²) < 4.78 is 5.26. The lowest BCUT2D eigenvalue weighted by molar-refractivity contribution is 0.118. The van der Waals surface area contributed by atoms with E-state index in [1.54, 1.807) is 7.11 Å². The smallest absolute Gasteiger partial charge is 0.0628 e. The molecule has 1 N–H and O–H groups in total. The highest BCUT2D eigenvalue weighted by Crippen LogP contribution is 2.12. The minimum Gasteiger partial charge on any atom is -0.383 e. The van der Waals surface area contributed by atoms with Gasteiger partial charge in [-0.3, -0.25) is 4.90 Å². The largest absolute Gasteiger partial charge is 0.383 e. The van der Waals surface area contributed by atoms with E-state index in [0.717, 1.165) is 13.2 Å². The summed E-state index contributed by atoms with van der Waals surface area (Å²) in [5.41, 5.74) is 0. The first kappa shape index (κ1) is 14.9. The van der Waals surface area contributed by atoms with Gasteiger partial charge in [0.05, 0.1) is 6.61 Å². The number of ether oxygens (including phenoxy) is 1. The summed E-state index contributed by atoms with van der Waals surface area (Å²) in [5.74, 6) is 0.